The van der Waals surface area contributed by atoms with E-state index in [4.69, 9.17) is 38.3 Å². The van der Waals surface area contributed by atoms with Crippen molar-refractivity contribution < 1.29 is 87.5 Å². The fourth-order valence-corrected chi connectivity index (χ4v) is 14.4. The van der Waals surface area contributed by atoms with E-state index >= 15 is 0 Å². The van der Waals surface area contributed by atoms with Gasteiger partial charge < -0.3 is 99.3 Å². The molecule has 38 nitrogen and oxygen atoms in total. The molecule has 0 aliphatic carbocycles. The van der Waals surface area contributed by atoms with Crippen LogP contribution in [0.3, 0.4) is 0 Å². The fraction of sp³-hybridized carbons (Fsp3) is 0.297. The number of rotatable bonds is 36. The van der Waals surface area contributed by atoms with Gasteiger partial charge in [0, 0.05) is 125 Å². The van der Waals surface area contributed by atoms with Crippen LogP contribution < -0.4 is 74.5 Å². The molecule has 10 rings (SSSR count). The summed E-state index contributed by atoms with van der Waals surface area (Å²) in [5.41, 5.74) is 15.8. The topological polar surface area (TPSA) is 603 Å². The van der Waals surface area contributed by atoms with Gasteiger partial charge in [0.1, 0.15) is 41.3 Å². The largest absolute Gasteiger partial charge is 0.481 e. The number of carbonyl (C=O) groups excluding carboxylic acids is 9. The van der Waals surface area contributed by atoms with Crippen LogP contribution in [0.5, 0.6) is 5.75 Å². The highest BCUT2D eigenvalue weighted by molar-refractivity contribution is 8.76. The smallest absolute Gasteiger partial charge is 0.327 e. The number of H-pyrrole nitrogens is 3. The number of fused-ring (bicyclic) bond motifs is 6. The number of hydrogen-bond acceptors (Lipinski definition) is 23. The molecule has 604 valence electrons. The number of aromatic nitrogens is 6. The van der Waals surface area contributed by atoms with Gasteiger partial charge in [-0.1, -0.05) is 52.8 Å². The molecule has 115 heavy (non-hydrogen) atoms. The zero-order valence-corrected chi connectivity index (χ0v) is 64.0. The zero-order valence-electron chi connectivity index (χ0n) is 61.6. The number of carboxylic acid groups (broad SMARTS) is 4. The normalized spacial score (nSPS) is 13.4. The van der Waals surface area contributed by atoms with E-state index in [-0.39, 0.29) is 95.3 Å². The van der Waals surface area contributed by atoms with Gasteiger partial charge in [0.25, 0.3) is 23.3 Å². The van der Waals surface area contributed by atoms with Crippen molar-refractivity contribution in [2.75, 3.05) is 64.1 Å². The molecule has 5 aromatic carbocycles. The Morgan fingerprint density at radius 1 is 0.687 bits per heavy atom. The summed E-state index contributed by atoms with van der Waals surface area (Å²) in [7, 11) is 3.56. The highest BCUT2D eigenvalue weighted by Crippen LogP contribution is 2.46. The molecule has 0 spiro atoms. The lowest BCUT2D eigenvalue weighted by Gasteiger charge is -2.22. The minimum absolute atomic E-state index is 0.0301. The minimum atomic E-state index is -1.53. The quantitative estimate of drug-likeness (QED) is 0.00482. The van der Waals surface area contributed by atoms with Crippen molar-refractivity contribution >= 4 is 189 Å². The standard InChI is InChI=1S/C50H53ClN10O11S2.C24H27N9O8/c1-25(6-5-14-54-50(52)53)45(66)59-37(20-43(64)65)47(68)60-39(49(70)71)24-74-73-15-13-42(63)55-30-9-11-34-27(16-30)18-36(57-34)46(67)56-31-10-12-35-28(17-31)19-38(58-35)48(69)61-23-29(22-51)44-33-8-4-3-7-32(33)41(21-40(44)61)72-26(2)62;1-26-21(38)15(8-17(35)36)30-16(34)7-6-14(23(40)41)31-20(37)11-2-4-12(5-3-11)27-9-13-10-28-19-18(29-13)22(39)33-24(25)32-19/h3-4,7-12,16-19,21,25,29,37,39,57-58H,5-6,13-15,20,22-24H2,1-2H3,(H,55,63)(H,56,67)(H,59,66)(H,60,68)(H,64,65)(H,70,71)(H4,52,53,54);2-5,10,14-15,27H,6-9H2,1H3,(H,26,38)(H,30,34)(H,31,37)(H,35,36)(H,40,41)(H3,25,28,32,33,39)/t25-,29?,37-,39-;14-,15-/m00/s1. The highest BCUT2D eigenvalue weighted by atomic mass is 35.5. The van der Waals surface area contributed by atoms with Gasteiger partial charge in [-0.3, -0.25) is 67.9 Å². The fourth-order valence-electron chi connectivity index (χ4n) is 12.0. The molecular weight excluding hydrogens is 1560 g/mol. The average Bonchev–Trinajstić information content (AvgIpc) is 1.68. The number of nitrogens with zero attached hydrogens (tertiary/aromatic N) is 4. The predicted octanol–water partition coefficient (Wildman–Crippen LogP) is 4.68. The van der Waals surface area contributed by atoms with Gasteiger partial charge in [-0.2, -0.15) is 4.98 Å². The first-order valence-corrected chi connectivity index (χ1v) is 38.4. The summed E-state index contributed by atoms with van der Waals surface area (Å²) in [4.78, 5) is 195. The van der Waals surface area contributed by atoms with E-state index in [0.717, 1.165) is 27.1 Å². The number of ether oxygens (including phenoxy) is 1. The number of amides is 8. The van der Waals surface area contributed by atoms with Gasteiger partial charge in [-0.05, 0) is 103 Å². The maximum atomic E-state index is 14.2. The number of carboxylic acids is 4. The predicted molar refractivity (Wildman–Crippen MR) is 428 cm³/mol. The Hall–Kier alpha value is -13.4. The second kappa shape index (κ2) is 39.7. The number of hydrogen-bond donors (Lipinski definition) is 19. The van der Waals surface area contributed by atoms with Crippen LogP contribution >= 0.6 is 33.2 Å². The van der Waals surface area contributed by atoms with Gasteiger partial charge in [-0.15, -0.1) is 11.6 Å². The van der Waals surface area contributed by atoms with E-state index in [0.29, 0.717) is 87.6 Å². The SMILES string of the molecule is CC(=O)Oc1cc2c(c3ccccc13)C(CCl)CN2C(=O)c1cc2cc(NC(=O)c3cc4cc(NC(=O)CCSSC[C@H](NC(=O)[C@H](CC(=O)O)NC(=O)[C@@H](C)CCCNC(=N)N)C(=O)O)ccc4[nH]3)ccc2[nH]1.CNC(=O)[C@H](CC(=O)O)NC(=O)CC[C@H](NC(=O)c1ccc(NCc2cnc3nc(N)[nH]c(=O)c3n2)cc1)C(=O)O. The molecule has 8 amide bonds. The Kier molecular flexibility index (Phi) is 29.6. The summed E-state index contributed by atoms with van der Waals surface area (Å²) < 4.78 is 5.57. The molecule has 0 radical (unpaired) electrons. The molecule has 9 aromatic rings. The van der Waals surface area contributed by atoms with Gasteiger partial charge in [-0.25, -0.2) is 19.6 Å². The van der Waals surface area contributed by atoms with Crippen molar-refractivity contribution in [2.45, 2.75) is 95.4 Å². The second-order valence-corrected chi connectivity index (χ2v) is 29.1. The number of esters is 1. The molecule has 1 aliphatic rings. The van der Waals surface area contributed by atoms with Gasteiger partial charge in [0.05, 0.1) is 37.0 Å². The number of halogens is 1. The van der Waals surface area contributed by atoms with E-state index in [1.54, 1.807) is 78.6 Å². The first-order valence-electron chi connectivity index (χ1n) is 35.3. The van der Waals surface area contributed by atoms with Crippen molar-refractivity contribution in [2.24, 2.45) is 11.7 Å². The number of guanidine groups is 1. The first-order chi connectivity index (χ1) is 54.8. The van der Waals surface area contributed by atoms with Crippen LogP contribution in [0.25, 0.3) is 43.7 Å². The van der Waals surface area contributed by atoms with Crippen LogP contribution in [0.15, 0.2) is 114 Å². The number of likely N-dealkylation sites (N-methyl/N-ethyl adjacent to an activating group) is 1. The Morgan fingerprint density at radius 2 is 1.31 bits per heavy atom. The Bertz CT molecular complexity index is 5310. The molecule has 6 atom stereocenters. The van der Waals surface area contributed by atoms with E-state index in [1.807, 2.05) is 24.3 Å². The van der Waals surface area contributed by atoms with Crippen LogP contribution in [0.4, 0.5) is 28.7 Å². The van der Waals surface area contributed by atoms with Crippen LogP contribution in [-0.2, 0) is 54.5 Å². The van der Waals surface area contributed by atoms with Crippen molar-refractivity contribution in [3.63, 3.8) is 0 Å². The molecule has 1 aliphatic heterocycles. The maximum absolute atomic E-state index is 14.2. The lowest BCUT2D eigenvalue weighted by Crippen LogP contribution is -2.53. The molecule has 1 unspecified atom stereocenters. The number of nitrogens with one attached hydrogen (secondary N) is 13. The Balaban J connectivity index is 0.000000311. The molecule has 0 saturated heterocycles. The summed E-state index contributed by atoms with van der Waals surface area (Å²) in [5.74, 6) is -11.1. The minimum Gasteiger partial charge on any atom is -0.481 e. The first kappa shape index (κ1) is 85.6. The number of benzene rings is 5. The van der Waals surface area contributed by atoms with Crippen LogP contribution in [0, 0.1) is 11.3 Å². The van der Waals surface area contributed by atoms with Gasteiger partial charge in [0.15, 0.2) is 17.1 Å². The third kappa shape index (κ3) is 23.6. The zero-order chi connectivity index (χ0) is 83.3. The highest BCUT2D eigenvalue weighted by Gasteiger charge is 2.37. The van der Waals surface area contributed by atoms with Crippen LogP contribution in [0.2, 0.25) is 0 Å². The lowest BCUT2D eigenvalue weighted by atomic mass is 9.95. The van der Waals surface area contributed by atoms with Crippen molar-refractivity contribution in [1.82, 2.24) is 61.8 Å². The maximum Gasteiger partial charge on any atom is 0.327 e. The van der Waals surface area contributed by atoms with Crippen LogP contribution in [-0.4, -0.2) is 195 Å². The number of anilines is 5. The third-order valence-electron chi connectivity index (χ3n) is 17.7. The summed E-state index contributed by atoms with van der Waals surface area (Å²) in [6.07, 6.45) is 0.174. The number of nitrogens with two attached hydrogens (primary N) is 2. The van der Waals surface area contributed by atoms with E-state index in [9.17, 15) is 82.4 Å². The Labute approximate surface area is 664 Å². The lowest BCUT2D eigenvalue weighted by molar-refractivity contribution is -0.143. The monoisotopic (exact) mass is 1640 g/mol. The van der Waals surface area contributed by atoms with E-state index in [2.05, 4.69) is 77.8 Å². The molecule has 0 fully saturated rings. The van der Waals surface area contributed by atoms with Crippen molar-refractivity contribution in [3.8, 4) is 5.75 Å². The summed E-state index contributed by atoms with van der Waals surface area (Å²) in [6.45, 7) is 3.76. The molecule has 5 heterocycles. The van der Waals surface area contributed by atoms with Gasteiger partial charge in [0.2, 0.25) is 35.5 Å². The van der Waals surface area contributed by atoms with E-state index in [1.165, 1.54) is 43.1 Å². The summed E-state index contributed by atoms with van der Waals surface area (Å²) in [5, 5.41) is 70.5. The number of aliphatic carboxylic acids is 4. The number of alkyl halides is 1. The molecule has 4 aromatic heterocycles. The molecule has 21 N–H and O–H groups in total. The number of nitrogen functional groups attached to an aromatic ring is 1. The summed E-state index contributed by atoms with van der Waals surface area (Å²) >= 11 is 6.45. The molecule has 0 saturated carbocycles. The molecular formula is C74H80ClN19O19S2. The molecule has 0 bridgehead atoms. The van der Waals surface area contributed by atoms with Gasteiger partial charge >= 0.3 is 29.8 Å². The van der Waals surface area contributed by atoms with Crippen LogP contribution in [0.1, 0.15) is 107 Å². The van der Waals surface area contributed by atoms with E-state index < -0.39 is 114 Å². The number of carbonyl (C=O) groups is 13. The third-order valence-corrected chi connectivity index (χ3v) is 20.4. The van der Waals surface area contributed by atoms with Crippen molar-refractivity contribution in [3.05, 3.63) is 148 Å². The number of aromatic amines is 3. The van der Waals surface area contributed by atoms with Crippen molar-refractivity contribution in [1.29, 1.82) is 5.41 Å². The average molecular weight is 1640 g/mol. The molecule has 41 heteroatoms. The Morgan fingerprint density at radius 3 is 1.95 bits per heavy atom. The second-order valence-electron chi connectivity index (χ2n) is 26.1. The summed E-state index contributed by atoms with van der Waals surface area (Å²) in [6, 6.07) is 23.2.